The fourth-order valence-electron chi connectivity index (χ4n) is 1.16. The van der Waals surface area contributed by atoms with Gasteiger partial charge in [0.25, 0.3) is 0 Å². The summed E-state index contributed by atoms with van der Waals surface area (Å²) in [7, 11) is 1.64. The molecule has 0 fully saturated rings. The Morgan fingerprint density at radius 2 is 2.00 bits per heavy atom. The Morgan fingerprint density at radius 3 is 2.43 bits per heavy atom. The van der Waals surface area contributed by atoms with Gasteiger partial charge in [-0.2, -0.15) is 0 Å². The van der Waals surface area contributed by atoms with Crippen LogP contribution in [0.15, 0.2) is 36.4 Å². The molecular weight excluding hydrogens is 176 g/mol. The zero-order valence-corrected chi connectivity index (χ0v) is 8.66. The summed E-state index contributed by atoms with van der Waals surface area (Å²) in [5, 5.41) is 9.58. The lowest BCUT2D eigenvalue weighted by Gasteiger charge is -2.10. The molecule has 1 aromatic rings. The van der Waals surface area contributed by atoms with Crippen LogP contribution in [0, 0.1) is 0 Å². The summed E-state index contributed by atoms with van der Waals surface area (Å²) in [6, 6.07) is 7.68. The third-order valence-electron chi connectivity index (χ3n) is 2.16. The first-order chi connectivity index (χ1) is 6.63. The Morgan fingerprint density at radius 1 is 1.43 bits per heavy atom. The molecule has 0 saturated heterocycles. The molecule has 0 aliphatic carbocycles. The van der Waals surface area contributed by atoms with Gasteiger partial charge in [-0.15, -0.1) is 0 Å². The summed E-state index contributed by atoms with van der Waals surface area (Å²) in [6.45, 7) is 5.54. The Balaban J connectivity index is 2.64. The van der Waals surface area contributed by atoms with Crippen molar-refractivity contribution >= 4 is 0 Å². The quantitative estimate of drug-likeness (QED) is 0.741. The second-order valence-corrected chi connectivity index (χ2v) is 3.41. The summed E-state index contributed by atoms with van der Waals surface area (Å²) in [6.07, 6.45) is 0.155. The minimum absolute atomic E-state index is 0.455. The first kappa shape index (κ1) is 10.8. The van der Waals surface area contributed by atoms with Crippen LogP contribution in [0.1, 0.15) is 12.5 Å². The van der Waals surface area contributed by atoms with Gasteiger partial charge in [0.05, 0.1) is 13.2 Å². The van der Waals surface area contributed by atoms with Crippen molar-refractivity contribution in [3.63, 3.8) is 0 Å². The molecule has 0 aliphatic rings. The van der Waals surface area contributed by atoms with E-state index in [1.165, 1.54) is 0 Å². The summed E-state index contributed by atoms with van der Waals surface area (Å²) in [5.74, 6) is 0.832. The molecule has 76 valence electrons. The molecular formula is C12H16O2. The Labute approximate surface area is 84.8 Å². The summed E-state index contributed by atoms with van der Waals surface area (Å²) >= 11 is 0. The largest absolute Gasteiger partial charge is 0.497 e. The van der Waals surface area contributed by atoms with Crippen LogP contribution in [-0.4, -0.2) is 18.3 Å². The molecule has 0 saturated carbocycles. The molecule has 1 rings (SSSR count). The number of benzene rings is 1. The van der Waals surface area contributed by atoms with Crippen LogP contribution in [0.3, 0.4) is 0 Å². The lowest BCUT2D eigenvalue weighted by Crippen LogP contribution is -2.10. The molecule has 1 aromatic carbocycles. The van der Waals surface area contributed by atoms with E-state index < -0.39 is 6.10 Å². The summed E-state index contributed by atoms with van der Waals surface area (Å²) in [4.78, 5) is 0. The number of ether oxygens (including phenoxy) is 1. The molecule has 0 bridgehead atoms. The van der Waals surface area contributed by atoms with Gasteiger partial charge < -0.3 is 9.84 Å². The number of methoxy groups -OCH3 is 1. The minimum Gasteiger partial charge on any atom is -0.497 e. The van der Waals surface area contributed by atoms with Crippen molar-refractivity contribution in [3.05, 3.63) is 42.0 Å². The summed E-state index contributed by atoms with van der Waals surface area (Å²) < 4.78 is 5.04. The number of aliphatic hydroxyl groups excluding tert-OH is 1. The third kappa shape index (κ3) is 2.89. The second-order valence-electron chi connectivity index (χ2n) is 3.41. The van der Waals surface area contributed by atoms with Crippen molar-refractivity contribution in [3.8, 4) is 5.75 Å². The number of hydrogen-bond acceptors (Lipinski definition) is 2. The first-order valence-electron chi connectivity index (χ1n) is 4.60. The number of rotatable bonds is 4. The molecule has 2 heteroatoms. The van der Waals surface area contributed by atoms with Gasteiger partial charge in [0.1, 0.15) is 5.75 Å². The van der Waals surface area contributed by atoms with E-state index >= 15 is 0 Å². The number of hydrogen-bond donors (Lipinski definition) is 1. The zero-order valence-electron chi connectivity index (χ0n) is 8.66. The highest BCUT2D eigenvalue weighted by Gasteiger charge is 2.05. The van der Waals surface area contributed by atoms with Crippen molar-refractivity contribution in [2.75, 3.05) is 7.11 Å². The van der Waals surface area contributed by atoms with E-state index in [1.807, 2.05) is 31.2 Å². The molecule has 14 heavy (non-hydrogen) atoms. The predicted molar refractivity (Wildman–Crippen MR) is 57.5 cm³/mol. The van der Waals surface area contributed by atoms with E-state index in [1.54, 1.807) is 7.11 Å². The molecule has 0 aliphatic heterocycles. The van der Waals surface area contributed by atoms with Crippen LogP contribution in [-0.2, 0) is 6.42 Å². The van der Waals surface area contributed by atoms with Crippen LogP contribution >= 0.6 is 0 Å². The van der Waals surface area contributed by atoms with Gasteiger partial charge in [-0.3, -0.25) is 0 Å². The highest BCUT2D eigenvalue weighted by molar-refractivity contribution is 5.28. The molecule has 0 aromatic heterocycles. The normalized spacial score (nSPS) is 12.2. The standard InChI is InChI=1S/C12H16O2/c1-9(2)12(13)8-10-4-6-11(14-3)7-5-10/h4-7,12-13H,1,8H2,2-3H3. The van der Waals surface area contributed by atoms with E-state index in [4.69, 9.17) is 4.74 Å². The van der Waals surface area contributed by atoms with Gasteiger partial charge in [-0.05, 0) is 24.6 Å². The van der Waals surface area contributed by atoms with Crippen LogP contribution in [0.25, 0.3) is 0 Å². The van der Waals surface area contributed by atoms with Gasteiger partial charge in [0, 0.05) is 6.42 Å². The maximum Gasteiger partial charge on any atom is 0.118 e. The maximum absolute atomic E-state index is 9.58. The smallest absolute Gasteiger partial charge is 0.118 e. The third-order valence-corrected chi connectivity index (χ3v) is 2.16. The topological polar surface area (TPSA) is 29.5 Å². The van der Waals surface area contributed by atoms with Crippen LogP contribution in [0.4, 0.5) is 0 Å². The zero-order chi connectivity index (χ0) is 10.6. The van der Waals surface area contributed by atoms with E-state index in [9.17, 15) is 5.11 Å². The highest BCUT2D eigenvalue weighted by atomic mass is 16.5. The lowest BCUT2D eigenvalue weighted by molar-refractivity contribution is 0.212. The van der Waals surface area contributed by atoms with Crippen molar-refractivity contribution in [1.29, 1.82) is 0 Å². The fourth-order valence-corrected chi connectivity index (χ4v) is 1.16. The van der Waals surface area contributed by atoms with Crippen LogP contribution in [0.5, 0.6) is 5.75 Å². The Kier molecular flexibility index (Phi) is 3.72. The molecule has 1 N–H and O–H groups in total. The summed E-state index contributed by atoms with van der Waals surface area (Å²) in [5.41, 5.74) is 1.88. The molecule has 0 heterocycles. The average Bonchev–Trinajstić information content (AvgIpc) is 2.19. The minimum atomic E-state index is -0.455. The Bertz CT molecular complexity index is 301. The fraction of sp³-hybridized carbons (Fsp3) is 0.333. The SMILES string of the molecule is C=C(C)C(O)Cc1ccc(OC)cc1. The molecule has 0 amide bonds. The van der Waals surface area contributed by atoms with Crippen LogP contribution in [0.2, 0.25) is 0 Å². The van der Waals surface area contributed by atoms with E-state index in [2.05, 4.69) is 6.58 Å². The van der Waals surface area contributed by atoms with Gasteiger partial charge in [-0.1, -0.05) is 24.3 Å². The van der Waals surface area contributed by atoms with E-state index in [0.29, 0.717) is 6.42 Å². The van der Waals surface area contributed by atoms with Crippen molar-refractivity contribution in [2.24, 2.45) is 0 Å². The van der Waals surface area contributed by atoms with Gasteiger partial charge in [0.2, 0.25) is 0 Å². The first-order valence-corrected chi connectivity index (χ1v) is 4.60. The number of aliphatic hydroxyl groups is 1. The molecule has 1 atom stereocenters. The molecule has 1 unspecified atom stereocenters. The van der Waals surface area contributed by atoms with E-state index in [-0.39, 0.29) is 0 Å². The van der Waals surface area contributed by atoms with Crippen molar-refractivity contribution < 1.29 is 9.84 Å². The maximum atomic E-state index is 9.58. The lowest BCUT2D eigenvalue weighted by atomic mass is 10.0. The van der Waals surface area contributed by atoms with Gasteiger partial charge >= 0.3 is 0 Å². The van der Waals surface area contributed by atoms with Gasteiger partial charge in [0.15, 0.2) is 0 Å². The molecule has 0 spiro atoms. The molecule has 0 radical (unpaired) electrons. The van der Waals surface area contributed by atoms with Gasteiger partial charge in [-0.25, -0.2) is 0 Å². The van der Waals surface area contributed by atoms with Crippen molar-refractivity contribution in [1.82, 2.24) is 0 Å². The highest BCUT2D eigenvalue weighted by Crippen LogP contribution is 2.14. The second kappa shape index (κ2) is 4.82. The van der Waals surface area contributed by atoms with E-state index in [0.717, 1.165) is 16.9 Å². The molecule has 2 nitrogen and oxygen atoms in total. The predicted octanol–water partition coefficient (Wildman–Crippen LogP) is 2.17. The Hall–Kier alpha value is -1.28. The monoisotopic (exact) mass is 192 g/mol. The van der Waals surface area contributed by atoms with Crippen molar-refractivity contribution in [2.45, 2.75) is 19.4 Å². The average molecular weight is 192 g/mol. The van der Waals surface area contributed by atoms with Crippen LogP contribution < -0.4 is 4.74 Å².